The Bertz CT molecular complexity index is 482. The average molecular weight is 332 g/mol. The first-order valence-electron chi connectivity index (χ1n) is 6.34. The molecule has 1 saturated heterocycles. The normalized spacial score (nSPS) is 15.2. The molecule has 3 nitrogen and oxygen atoms in total. The van der Waals surface area contributed by atoms with Crippen molar-refractivity contribution in [1.82, 2.24) is 15.2 Å². The Balaban J connectivity index is 0.000001000. The Morgan fingerprint density at radius 1 is 1.10 bits per heavy atom. The van der Waals surface area contributed by atoms with Gasteiger partial charge in [0.15, 0.2) is 0 Å². The van der Waals surface area contributed by atoms with Gasteiger partial charge in [-0.3, -0.25) is 4.90 Å². The van der Waals surface area contributed by atoms with E-state index in [4.69, 9.17) is 0 Å². The van der Waals surface area contributed by atoms with E-state index >= 15 is 0 Å². The van der Waals surface area contributed by atoms with Crippen molar-refractivity contribution in [1.29, 1.82) is 0 Å². The number of piperazine rings is 1. The van der Waals surface area contributed by atoms with Crippen molar-refractivity contribution in [2.75, 3.05) is 26.2 Å². The summed E-state index contributed by atoms with van der Waals surface area (Å²) in [4.78, 5) is 6.83. The highest BCUT2D eigenvalue weighted by Gasteiger charge is 2.09. The number of benzene rings is 1. The Morgan fingerprint density at radius 2 is 1.80 bits per heavy atom. The molecule has 0 bridgehead atoms. The number of hydrogen-bond acceptors (Lipinski definition) is 4. The van der Waals surface area contributed by atoms with Gasteiger partial charge in [0.2, 0.25) is 0 Å². The molecule has 20 heavy (non-hydrogen) atoms. The first kappa shape index (κ1) is 17.4. The maximum atomic E-state index is 4.33. The van der Waals surface area contributed by atoms with Crippen LogP contribution in [0.15, 0.2) is 35.8 Å². The molecule has 6 heteroatoms. The second-order valence-corrected chi connectivity index (χ2v) is 5.45. The van der Waals surface area contributed by atoms with Crippen LogP contribution in [0.4, 0.5) is 0 Å². The van der Waals surface area contributed by atoms with Crippen LogP contribution in [0.25, 0.3) is 10.6 Å². The number of hydrogen-bond donors (Lipinski definition) is 1. The fraction of sp³-hybridized carbons (Fsp3) is 0.357. The van der Waals surface area contributed by atoms with Gasteiger partial charge < -0.3 is 5.32 Å². The second-order valence-electron chi connectivity index (χ2n) is 4.56. The molecule has 1 aliphatic rings. The van der Waals surface area contributed by atoms with Crippen LogP contribution in [0.5, 0.6) is 0 Å². The summed E-state index contributed by atoms with van der Waals surface area (Å²) in [6.07, 6.45) is 1.86. The lowest BCUT2D eigenvalue weighted by atomic mass is 10.1. The Labute approximate surface area is 136 Å². The number of aromatic nitrogens is 1. The van der Waals surface area contributed by atoms with E-state index in [2.05, 4.69) is 39.5 Å². The van der Waals surface area contributed by atoms with Gasteiger partial charge in [-0.1, -0.05) is 24.3 Å². The van der Waals surface area contributed by atoms with Gasteiger partial charge in [0.25, 0.3) is 0 Å². The molecule has 0 amide bonds. The summed E-state index contributed by atoms with van der Waals surface area (Å²) in [5.41, 5.74) is 2.60. The third-order valence-electron chi connectivity index (χ3n) is 3.25. The lowest BCUT2D eigenvalue weighted by Crippen LogP contribution is -2.42. The van der Waals surface area contributed by atoms with E-state index in [-0.39, 0.29) is 24.8 Å². The van der Waals surface area contributed by atoms with Crippen LogP contribution < -0.4 is 5.32 Å². The molecule has 2 heterocycles. The van der Waals surface area contributed by atoms with E-state index in [0.29, 0.717) is 0 Å². The standard InChI is InChI=1S/C14H17N3S.2ClH/c1-3-13(14-16-7-10-18-14)4-2-12(1)11-17-8-5-15-6-9-17;;/h1-4,7,10,15H,5-6,8-9,11H2;2*1H. The van der Waals surface area contributed by atoms with Crippen LogP contribution in [0, 0.1) is 0 Å². The molecule has 110 valence electrons. The van der Waals surface area contributed by atoms with Gasteiger partial charge in [-0.2, -0.15) is 0 Å². The van der Waals surface area contributed by atoms with Crippen LogP contribution in [0.1, 0.15) is 5.56 Å². The smallest absolute Gasteiger partial charge is 0.123 e. The molecule has 0 atom stereocenters. The highest BCUT2D eigenvalue weighted by Crippen LogP contribution is 2.22. The number of nitrogens with zero attached hydrogens (tertiary/aromatic N) is 2. The minimum atomic E-state index is 0. The van der Waals surface area contributed by atoms with E-state index in [9.17, 15) is 0 Å². The first-order chi connectivity index (χ1) is 8.92. The lowest BCUT2D eigenvalue weighted by Gasteiger charge is -2.27. The predicted octanol–water partition coefficient (Wildman–Crippen LogP) is 3.06. The maximum Gasteiger partial charge on any atom is 0.123 e. The highest BCUT2D eigenvalue weighted by molar-refractivity contribution is 7.13. The van der Waals surface area contributed by atoms with Gasteiger partial charge in [0.05, 0.1) is 0 Å². The SMILES string of the molecule is Cl.Cl.c1csc(-c2ccc(CN3CCNCC3)cc2)n1. The maximum absolute atomic E-state index is 4.33. The van der Waals surface area contributed by atoms with Crippen molar-refractivity contribution < 1.29 is 0 Å². The topological polar surface area (TPSA) is 28.2 Å². The molecule has 3 rings (SSSR count). The van der Waals surface area contributed by atoms with Crippen LogP contribution in [0.2, 0.25) is 0 Å². The van der Waals surface area contributed by atoms with Crippen LogP contribution in [0.3, 0.4) is 0 Å². The monoisotopic (exact) mass is 331 g/mol. The van der Waals surface area contributed by atoms with Crippen molar-refractivity contribution in [3.63, 3.8) is 0 Å². The number of halogens is 2. The van der Waals surface area contributed by atoms with Crippen molar-refractivity contribution in [2.45, 2.75) is 6.54 Å². The Hall–Kier alpha value is -0.650. The number of rotatable bonds is 3. The summed E-state index contributed by atoms with van der Waals surface area (Å²) in [6, 6.07) is 8.80. The summed E-state index contributed by atoms with van der Waals surface area (Å²) in [6.45, 7) is 5.57. The van der Waals surface area contributed by atoms with Crippen LogP contribution >= 0.6 is 36.2 Å². The fourth-order valence-corrected chi connectivity index (χ4v) is 2.89. The van der Waals surface area contributed by atoms with Crippen molar-refractivity contribution >= 4 is 36.2 Å². The molecule has 2 aromatic rings. The molecule has 1 aliphatic heterocycles. The summed E-state index contributed by atoms with van der Waals surface area (Å²) in [5.74, 6) is 0. The Morgan fingerprint density at radius 3 is 2.40 bits per heavy atom. The number of nitrogens with one attached hydrogen (secondary N) is 1. The molecular formula is C14H19Cl2N3S. The molecule has 0 unspecified atom stereocenters. The molecule has 1 aromatic carbocycles. The van der Waals surface area contributed by atoms with Gasteiger partial charge in [-0.05, 0) is 5.56 Å². The molecule has 0 aliphatic carbocycles. The summed E-state index contributed by atoms with van der Waals surface area (Å²) < 4.78 is 0. The summed E-state index contributed by atoms with van der Waals surface area (Å²) in [7, 11) is 0. The quantitative estimate of drug-likeness (QED) is 0.936. The van der Waals surface area contributed by atoms with Gasteiger partial charge in [-0.15, -0.1) is 36.2 Å². The molecular weight excluding hydrogens is 313 g/mol. The van der Waals surface area contributed by atoms with Gasteiger partial charge >= 0.3 is 0 Å². The highest BCUT2D eigenvalue weighted by atomic mass is 35.5. The molecule has 0 spiro atoms. The zero-order valence-corrected chi connectivity index (χ0v) is 13.6. The van der Waals surface area contributed by atoms with E-state index in [1.807, 2.05) is 11.6 Å². The van der Waals surface area contributed by atoms with E-state index in [1.165, 1.54) is 11.1 Å². The minimum Gasteiger partial charge on any atom is -0.314 e. The third kappa shape index (κ3) is 4.43. The minimum absolute atomic E-state index is 0. The zero-order valence-electron chi connectivity index (χ0n) is 11.1. The molecule has 0 radical (unpaired) electrons. The van der Waals surface area contributed by atoms with Crippen molar-refractivity contribution in [3.05, 3.63) is 41.4 Å². The van der Waals surface area contributed by atoms with Crippen molar-refractivity contribution in [3.8, 4) is 10.6 Å². The fourth-order valence-electron chi connectivity index (χ4n) is 2.25. The van der Waals surface area contributed by atoms with E-state index in [0.717, 1.165) is 37.7 Å². The largest absolute Gasteiger partial charge is 0.314 e. The Kier molecular flexibility index (Phi) is 7.48. The summed E-state index contributed by atoms with van der Waals surface area (Å²) in [5, 5.41) is 6.50. The molecule has 1 N–H and O–H groups in total. The summed E-state index contributed by atoms with van der Waals surface area (Å²) >= 11 is 1.69. The molecule has 1 aromatic heterocycles. The van der Waals surface area contributed by atoms with Gasteiger partial charge in [0, 0.05) is 49.9 Å². The van der Waals surface area contributed by atoms with E-state index in [1.54, 1.807) is 11.3 Å². The third-order valence-corrected chi connectivity index (χ3v) is 4.07. The van der Waals surface area contributed by atoms with Crippen LogP contribution in [-0.4, -0.2) is 36.1 Å². The van der Waals surface area contributed by atoms with Gasteiger partial charge in [-0.25, -0.2) is 4.98 Å². The second kappa shape index (κ2) is 8.60. The first-order valence-corrected chi connectivity index (χ1v) is 7.22. The zero-order chi connectivity index (χ0) is 12.2. The van der Waals surface area contributed by atoms with Crippen LogP contribution in [-0.2, 0) is 6.54 Å². The molecule has 1 fully saturated rings. The van der Waals surface area contributed by atoms with Crippen molar-refractivity contribution in [2.24, 2.45) is 0 Å². The van der Waals surface area contributed by atoms with Gasteiger partial charge in [0.1, 0.15) is 5.01 Å². The number of thiazole rings is 1. The van der Waals surface area contributed by atoms with E-state index < -0.39 is 0 Å². The lowest BCUT2D eigenvalue weighted by molar-refractivity contribution is 0.233. The average Bonchev–Trinajstić information content (AvgIpc) is 2.95. The predicted molar refractivity (Wildman–Crippen MR) is 90.2 cm³/mol. The molecule has 0 saturated carbocycles.